The molecule has 1 heterocycles. The summed E-state index contributed by atoms with van der Waals surface area (Å²) in [7, 11) is 0. The summed E-state index contributed by atoms with van der Waals surface area (Å²) in [6.07, 6.45) is 1.77. The van der Waals surface area contributed by atoms with Crippen molar-refractivity contribution in [1.82, 2.24) is 9.78 Å². The number of halogens is 2. The predicted molar refractivity (Wildman–Crippen MR) is 139 cm³/mol. The van der Waals surface area contributed by atoms with Crippen LogP contribution in [0.15, 0.2) is 83.5 Å². The predicted octanol–water partition coefficient (Wildman–Crippen LogP) is 6.96. The molecule has 0 aliphatic rings. The van der Waals surface area contributed by atoms with E-state index in [4.69, 9.17) is 4.74 Å². The third-order valence-electron chi connectivity index (χ3n) is 5.52. The Morgan fingerprint density at radius 3 is 2.43 bits per heavy atom. The van der Waals surface area contributed by atoms with Crippen LogP contribution >= 0.6 is 15.9 Å². The van der Waals surface area contributed by atoms with Crippen molar-refractivity contribution in [3.63, 3.8) is 0 Å². The second-order valence-electron chi connectivity index (χ2n) is 9.37. The van der Waals surface area contributed by atoms with Crippen molar-refractivity contribution in [2.75, 3.05) is 5.32 Å². The second-order valence-corrected chi connectivity index (χ2v) is 10.2. The Balaban J connectivity index is 1.38. The molecule has 7 heteroatoms. The Hall–Kier alpha value is -3.45. The Morgan fingerprint density at radius 1 is 1.03 bits per heavy atom. The zero-order chi connectivity index (χ0) is 25.0. The molecule has 1 aromatic heterocycles. The summed E-state index contributed by atoms with van der Waals surface area (Å²) >= 11 is 3.45. The Bertz CT molecular complexity index is 1310. The summed E-state index contributed by atoms with van der Waals surface area (Å²) in [4.78, 5) is 12.9. The Morgan fingerprint density at radius 2 is 1.74 bits per heavy atom. The number of rotatable bonds is 7. The maximum absolute atomic E-state index is 13.1. The zero-order valence-electron chi connectivity index (χ0n) is 19.9. The molecule has 0 saturated heterocycles. The fourth-order valence-electron chi connectivity index (χ4n) is 3.54. The van der Waals surface area contributed by atoms with Gasteiger partial charge in [-0.15, -0.1) is 0 Å². The van der Waals surface area contributed by atoms with E-state index in [0.29, 0.717) is 29.0 Å². The van der Waals surface area contributed by atoms with Crippen molar-refractivity contribution < 1.29 is 13.9 Å². The first-order valence-electron chi connectivity index (χ1n) is 11.3. The molecule has 0 saturated carbocycles. The van der Waals surface area contributed by atoms with Crippen molar-refractivity contribution in [2.24, 2.45) is 0 Å². The highest BCUT2D eigenvalue weighted by molar-refractivity contribution is 9.10. The van der Waals surface area contributed by atoms with Gasteiger partial charge in [0.1, 0.15) is 18.2 Å². The number of anilines is 1. The number of hydrogen-bond donors (Lipinski definition) is 1. The number of hydrogen-bond acceptors (Lipinski definition) is 3. The van der Waals surface area contributed by atoms with Gasteiger partial charge in [-0.2, -0.15) is 5.10 Å². The molecular weight excluding hydrogens is 509 g/mol. The molecule has 35 heavy (non-hydrogen) atoms. The maximum Gasteiger partial charge on any atom is 0.256 e. The molecule has 180 valence electrons. The fourth-order valence-corrected chi connectivity index (χ4v) is 3.95. The zero-order valence-corrected chi connectivity index (χ0v) is 21.5. The molecule has 0 radical (unpaired) electrons. The van der Waals surface area contributed by atoms with Crippen LogP contribution in [0.3, 0.4) is 0 Å². The van der Waals surface area contributed by atoms with Crippen LogP contribution in [0.25, 0.3) is 0 Å². The van der Waals surface area contributed by atoms with Crippen molar-refractivity contribution in [3.8, 4) is 5.75 Å². The highest BCUT2D eigenvalue weighted by atomic mass is 79.9. The fraction of sp³-hybridized carbons (Fsp3) is 0.214. The molecule has 1 amide bonds. The number of aromatic nitrogens is 2. The summed E-state index contributed by atoms with van der Waals surface area (Å²) in [6, 6.07) is 21.6. The lowest BCUT2D eigenvalue weighted by Gasteiger charge is -2.19. The molecular formula is C28H27BrFN3O2. The molecule has 3 aromatic carbocycles. The highest BCUT2D eigenvalue weighted by Gasteiger charge is 2.14. The summed E-state index contributed by atoms with van der Waals surface area (Å²) in [5.41, 5.74) is 3.63. The van der Waals surface area contributed by atoms with Crippen molar-refractivity contribution >= 4 is 27.7 Å². The third kappa shape index (κ3) is 6.57. The summed E-state index contributed by atoms with van der Waals surface area (Å²) in [5, 5.41) is 7.28. The first-order chi connectivity index (χ1) is 16.7. The van der Waals surface area contributed by atoms with E-state index in [1.54, 1.807) is 29.1 Å². The first kappa shape index (κ1) is 24.7. The normalized spacial score (nSPS) is 11.3. The van der Waals surface area contributed by atoms with E-state index in [1.165, 1.54) is 17.7 Å². The smallest absolute Gasteiger partial charge is 0.256 e. The van der Waals surface area contributed by atoms with Crippen LogP contribution in [-0.4, -0.2) is 15.7 Å². The van der Waals surface area contributed by atoms with E-state index in [2.05, 4.69) is 59.2 Å². The van der Waals surface area contributed by atoms with Gasteiger partial charge >= 0.3 is 0 Å². The first-order valence-corrected chi connectivity index (χ1v) is 12.1. The standard InChI is InChI=1S/C28H27BrFN3O2/c1-28(2,3)22-9-13-24(14-10-22)35-18-20-5-4-6-21(15-20)27(34)31-26-25(29)17-33(32-26)16-19-7-11-23(30)12-8-19/h4-15,17H,16,18H2,1-3H3,(H,31,32,34). The number of carbonyl (C=O) groups is 1. The Labute approximate surface area is 213 Å². The average molecular weight is 536 g/mol. The number of carbonyl (C=O) groups excluding carboxylic acids is 1. The van der Waals surface area contributed by atoms with E-state index >= 15 is 0 Å². The van der Waals surface area contributed by atoms with E-state index in [1.807, 2.05) is 30.3 Å². The van der Waals surface area contributed by atoms with Gasteiger partial charge in [-0.3, -0.25) is 9.48 Å². The molecule has 0 atom stereocenters. The van der Waals surface area contributed by atoms with Gasteiger partial charge in [0, 0.05) is 11.8 Å². The van der Waals surface area contributed by atoms with Crippen molar-refractivity contribution in [1.29, 1.82) is 0 Å². The molecule has 0 unspecified atom stereocenters. The topological polar surface area (TPSA) is 56.1 Å². The number of benzene rings is 3. The van der Waals surface area contributed by atoms with E-state index in [9.17, 15) is 9.18 Å². The SMILES string of the molecule is CC(C)(C)c1ccc(OCc2cccc(C(=O)Nc3nn(Cc4ccc(F)cc4)cc3Br)c2)cc1. The van der Waals surface area contributed by atoms with Crippen LogP contribution in [0.5, 0.6) is 5.75 Å². The number of nitrogens with zero attached hydrogens (tertiary/aromatic N) is 2. The molecule has 1 N–H and O–H groups in total. The van der Waals surface area contributed by atoms with E-state index in [-0.39, 0.29) is 17.1 Å². The van der Waals surface area contributed by atoms with Gasteiger partial charge < -0.3 is 10.1 Å². The van der Waals surface area contributed by atoms with Crippen molar-refractivity contribution in [3.05, 3.63) is 112 Å². The highest BCUT2D eigenvalue weighted by Crippen LogP contribution is 2.25. The van der Waals surface area contributed by atoms with Crippen LogP contribution in [0.2, 0.25) is 0 Å². The van der Waals surface area contributed by atoms with Gasteiger partial charge in [0.2, 0.25) is 0 Å². The van der Waals surface area contributed by atoms with E-state index < -0.39 is 0 Å². The monoisotopic (exact) mass is 535 g/mol. The summed E-state index contributed by atoms with van der Waals surface area (Å²) in [6.45, 7) is 7.33. The molecule has 0 bridgehead atoms. The van der Waals surface area contributed by atoms with Crippen LogP contribution in [-0.2, 0) is 18.6 Å². The minimum absolute atomic E-state index is 0.0893. The quantitative estimate of drug-likeness (QED) is 0.278. The minimum Gasteiger partial charge on any atom is -0.489 e. The second kappa shape index (κ2) is 10.4. The van der Waals surface area contributed by atoms with E-state index in [0.717, 1.165) is 16.9 Å². The number of amides is 1. The minimum atomic E-state index is -0.283. The van der Waals surface area contributed by atoms with Gasteiger partial charge in [0.25, 0.3) is 5.91 Å². The molecule has 0 aliphatic carbocycles. The van der Waals surface area contributed by atoms with Gasteiger partial charge in [-0.1, -0.05) is 57.2 Å². The van der Waals surface area contributed by atoms with Crippen LogP contribution in [0, 0.1) is 5.82 Å². The lowest BCUT2D eigenvalue weighted by atomic mass is 9.87. The van der Waals surface area contributed by atoms with Crippen LogP contribution in [0.4, 0.5) is 10.2 Å². The largest absolute Gasteiger partial charge is 0.489 e. The molecule has 4 rings (SSSR count). The van der Waals surface area contributed by atoms with Crippen LogP contribution in [0.1, 0.15) is 47.8 Å². The molecule has 5 nitrogen and oxygen atoms in total. The lowest BCUT2D eigenvalue weighted by Crippen LogP contribution is -2.13. The van der Waals surface area contributed by atoms with Gasteiger partial charge in [-0.05, 0) is 74.4 Å². The van der Waals surface area contributed by atoms with Crippen LogP contribution < -0.4 is 10.1 Å². The van der Waals surface area contributed by atoms with Gasteiger partial charge in [-0.25, -0.2) is 4.39 Å². The molecule has 0 spiro atoms. The molecule has 0 aliphatic heterocycles. The third-order valence-corrected chi connectivity index (χ3v) is 6.10. The average Bonchev–Trinajstić information content (AvgIpc) is 3.17. The summed E-state index contributed by atoms with van der Waals surface area (Å²) < 4.78 is 21.4. The molecule has 4 aromatic rings. The van der Waals surface area contributed by atoms with Gasteiger partial charge in [0.05, 0.1) is 11.0 Å². The number of ether oxygens (including phenoxy) is 1. The number of nitrogens with one attached hydrogen (secondary N) is 1. The molecule has 0 fully saturated rings. The Kier molecular flexibility index (Phi) is 7.36. The maximum atomic E-state index is 13.1. The van der Waals surface area contributed by atoms with Gasteiger partial charge in [0.15, 0.2) is 5.82 Å². The van der Waals surface area contributed by atoms with Crippen molar-refractivity contribution in [2.45, 2.75) is 39.3 Å². The lowest BCUT2D eigenvalue weighted by molar-refractivity contribution is 0.102. The summed E-state index contributed by atoms with van der Waals surface area (Å²) in [5.74, 6) is 0.643.